The number of hydrogen-bond acceptors (Lipinski definition) is 2. The summed E-state index contributed by atoms with van der Waals surface area (Å²) in [4.78, 5) is 4.92. The van der Waals surface area contributed by atoms with Gasteiger partial charge in [-0.25, -0.2) is 4.98 Å². The van der Waals surface area contributed by atoms with Crippen LogP contribution in [0.5, 0.6) is 0 Å². The lowest BCUT2D eigenvalue weighted by atomic mass is 9.86. The van der Waals surface area contributed by atoms with Gasteiger partial charge in [-0.1, -0.05) is 42.5 Å². The number of aryl methyl sites for hydroxylation is 1. The molecule has 0 spiro atoms. The number of para-hydroxylation sites is 1. The molecular weight excluding hydrogens is 246 g/mol. The Kier molecular flexibility index (Phi) is 1.83. The average molecular weight is 259 g/mol. The molecule has 2 aliphatic rings. The summed E-state index contributed by atoms with van der Waals surface area (Å²) in [5.41, 5.74) is 7.29. The van der Waals surface area contributed by atoms with E-state index in [0.717, 1.165) is 11.2 Å². The Labute approximate surface area is 117 Å². The molecule has 2 nitrogen and oxygen atoms in total. The van der Waals surface area contributed by atoms with E-state index in [-0.39, 0.29) is 12.2 Å². The largest absolute Gasteiger partial charge is 0.359 e. The molecule has 0 radical (unpaired) electrons. The van der Waals surface area contributed by atoms with Gasteiger partial charge in [-0.3, -0.25) is 0 Å². The van der Waals surface area contributed by atoms with Gasteiger partial charge in [0, 0.05) is 16.5 Å². The average Bonchev–Trinajstić information content (AvgIpc) is 3.28. The minimum atomic E-state index is 0.206. The predicted molar refractivity (Wildman–Crippen MR) is 78.5 cm³/mol. The lowest BCUT2D eigenvalue weighted by molar-refractivity contribution is 0.379. The molecule has 1 aromatic heterocycles. The van der Waals surface area contributed by atoms with Crippen molar-refractivity contribution in [3.05, 3.63) is 65.2 Å². The van der Waals surface area contributed by atoms with Crippen molar-refractivity contribution < 1.29 is 4.74 Å². The van der Waals surface area contributed by atoms with Crippen LogP contribution < -0.4 is 0 Å². The number of hydrogen-bond donors (Lipinski definition) is 0. The third-order valence-corrected chi connectivity index (χ3v) is 4.50. The maximum Gasteiger partial charge on any atom is 0.116 e. The summed E-state index contributed by atoms with van der Waals surface area (Å²) in [5, 5.41) is 1.24. The van der Waals surface area contributed by atoms with Crippen LogP contribution in [-0.2, 0) is 4.74 Å². The van der Waals surface area contributed by atoms with Crippen LogP contribution in [0.25, 0.3) is 22.2 Å². The number of pyridine rings is 1. The fourth-order valence-corrected chi connectivity index (χ4v) is 3.47. The van der Waals surface area contributed by atoms with Gasteiger partial charge < -0.3 is 4.74 Å². The van der Waals surface area contributed by atoms with Crippen LogP contribution in [0.15, 0.2) is 48.5 Å². The van der Waals surface area contributed by atoms with Crippen molar-refractivity contribution in [3.8, 4) is 11.3 Å². The predicted octanol–water partition coefficient (Wildman–Crippen LogP) is 4.34. The topological polar surface area (TPSA) is 25.4 Å². The Hall–Kier alpha value is -2.19. The molecule has 5 rings (SSSR count). The second-order valence-electron chi connectivity index (χ2n) is 5.58. The molecule has 20 heavy (non-hydrogen) atoms. The molecule has 0 unspecified atom stereocenters. The summed E-state index contributed by atoms with van der Waals surface area (Å²) in [6, 6.07) is 16.8. The van der Waals surface area contributed by atoms with E-state index in [1.165, 1.54) is 27.6 Å². The molecule has 0 bridgehead atoms. The quantitative estimate of drug-likeness (QED) is 0.561. The highest BCUT2D eigenvalue weighted by Gasteiger charge is 2.48. The highest BCUT2D eigenvalue weighted by atomic mass is 16.6. The number of ether oxygens (including phenoxy) is 1. The summed E-state index contributed by atoms with van der Waals surface area (Å²) in [6.45, 7) is 2.19. The lowest BCUT2D eigenvalue weighted by Gasteiger charge is -2.18. The van der Waals surface area contributed by atoms with Gasteiger partial charge in [0.25, 0.3) is 0 Å². The Bertz CT molecular complexity index is 868. The lowest BCUT2D eigenvalue weighted by Crippen LogP contribution is -2.04. The van der Waals surface area contributed by atoms with Gasteiger partial charge in [0.2, 0.25) is 0 Å². The van der Waals surface area contributed by atoms with E-state index in [2.05, 4.69) is 49.4 Å². The van der Waals surface area contributed by atoms with Gasteiger partial charge >= 0.3 is 0 Å². The first-order valence-corrected chi connectivity index (χ1v) is 6.98. The number of benzene rings is 2. The molecular formula is C18H13NO. The molecule has 1 saturated heterocycles. The zero-order chi connectivity index (χ0) is 13.3. The van der Waals surface area contributed by atoms with E-state index in [0.29, 0.717) is 0 Å². The zero-order valence-corrected chi connectivity index (χ0v) is 11.1. The van der Waals surface area contributed by atoms with Crippen molar-refractivity contribution in [1.29, 1.82) is 0 Å². The number of epoxide rings is 1. The smallest absolute Gasteiger partial charge is 0.116 e. The second kappa shape index (κ2) is 3.47. The molecule has 0 N–H and O–H groups in total. The molecule has 1 aliphatic heterocycles. The first-order valence-electron chi connectivity index (χ1n) is 6.98. The summed E-state index contributed by atoms with van der Waals surface area (Å²) in [6.07, 6.45) is 0.442. The van der Waals surface area contributed by atoms with E-state index in [4.69, 9.17) is 9.72 Å². The SMILES string of the molecule is Cc1c2c(nc3ccccc13)-c1ccccc1[C@H]1O[C@@H]21. The van der Waals surface area contributed by atoms with Crippen LogP contribution in [0.3, 0.4) is 0 Å². The number of nitrogens with zero attached hydrogens (tertiary/aromatic N) is 1. The van der Waals surface area contributed by atoms with Crippen LogP contribution in [0, 0.1) is 6.92 Å². The van der Waals surface area contributed by atoms with Crippen molar-refractivity contribution in [2.24, 2.45) is 0 Å². The molecule has 2 heterocycles. The van der Waals surface area contributed by atoms with Crippen molar-refractivity contribution in [2.75, 3.05) is 0 Å². The van der Waals surface area contributed by atoms with Crippen molar-refractivity contribution in [3.63, 3.8) is 0 Å². The first kappa shape index (κ1) is 10.6. The fraction of sp³-hybridized carbons (Fsp3) is 0.167. The fourth-order valence-electron chi connectivity index (χ4n) is 3.47. The molecule has 0 amide bonds. The third-order valence-electron chi connectivity index (χ3n) is 4.50. The molecule has 2 aromatic carbocycles. The number of fused-ring (bicyclic) bond motifs is 7. The van der Waals surface area contributed by atoms with E-state index in [1.807, 2.05) is 6.07 Å². The van der Waals surface area contributed by atoms with E-state index in [1.54, 1.807) is 0 Å². The van der Waals surface area contributed by atoms with Gasteiger partial charge in [0.15, 0.2) is 0 Å². The van der Waals surface area contributed by atoms with Gasteiger partial charge in [0.05, 0.1) is 11.2 Å². The Morgan fingerprint density at radius 2 is 1.75 bits per heavy atom. The molecule has 2 atom stereocenters. The van der Waals surface area contributed by atoms with Crippen LogP contribution in [0.2, 0.25) is 0 Å². The minimum absolute atomic E-state index is 0.206. The first-order chi connectivity index (χ1) is 9.84. The van der Waals surface area contributed by atoms with Gasteiger partial charge in [-0.15, -0.1) is 0 Å². The molecule has 1 aliphatic carbocycles. The molecule has 3 aromatic rings. The summed E-state index contributed by atoms with van der Waals surface area (Å²) >= 11 is 0. The third kappa shape index (κ3) is 1.20. The van der Waals surface area contributed by atoms with Crippen LogP contribution in [0.4, 0.5) is 0 Å². The minimum Gasteiger partial charge on any atom is -0.359 e. The van der Waals surface area contributed by atoms with Gasteiger partial charge in [-0.2, -0.15) is 0 Å². The molecule has 0 saturated carbocycles. The molecule has 2 heteroatoms. The van der Waals surface area contributed by atoms with Crippen LogP contribution >= 0.6 is 0 Å². The highest BCUT2D eigenvalue weighted by molar-refractivity contribution is 5.89. The molecule has 96 valence electrons. The number of rotatable bonds is 0. The van der Waals surface area contributed by atoms with E-state index in [9.17, 15) is 0 Å². The summed E-state index contributed by atoms with van der Waals surface area (Å²) < 4.78 is 5.92. The normalized spacial score (nSPS) is 22.1. The van der Waals surface area contributed by atoms with Gasteiger partial charge in [0.1, 0.15) is 12.2 Å². The molecule has 1 fully saturated rings. The van der Waals surface area contributed by atoms with Crippen LogP contribution in [0.1, 0.15) is 28.9 Å². The standard InChI is InChI=1S/C18H13NO/c1-10-11-6-4-5-9-14(11)19-16-12-7-2-3-8-13(12)17-18(20-17)15(10)16/h2-9,17-18H,1H3/t17-,18+/m1/s1. The Morgan fingerprint density at radius 1 is 0.950 bits per heavy atom. The maximum atomic E-state index is 5.92. The van der Waals surface area contributed by atoms with E-state index < -0.39 is 0 Å². The Morgan fingerprint density at radius 3 is 2.70 bits per heavy atom. The highest BCUT2D eigenvalue weighted by Crippen LogP contribution is 2.60. The summed E-state index contributed by atoms with van der Waals surface area (Å²) in [5.74, 6) is 0. The van der Waals surface area contributed by atoms with E-state index >= 15 is 0 Å². The maximum absolute atomic E-state index is 5.92. The van der Waals surface area contributed by atoms with Crippen molar-refractivity contribution in [2.45, 2.75) is 19.1 Å². The second-order valence-corrected chi connectivity index (χ2v) is 5.58. The van der Waals surface area contributed by atoms with Crippen LogP contribution in [-0.4, -0.2) is 4.98 Å². The van der Waals surface area contributed by atoms with Crippen molar-refractivity contribution in [1.82, 2.24) is 4.98 Å². The number of aromatic nitrogens is 1. The monoisotopic (exact) mass is 259 g/mol. The van der Waals surface area contributed by atoms with Gasteiger partial charge in [-0.05, 0) is 24.1 Å². The van der Waals surface area contributed by atoms with Crippen molar-refractivity contribution >= 4 is 10.9 Å². The Balaban J connectivity index is 1.94. The zero-order valence-electron chi connectivity index (χ0n) is 11.1. The summed E-state index contributed by atoms with van der Waals surface area (Å²) in [7, 11) is 0.